The largest absolute Gasteiger partial charge is 0.243 e. The minimum absolute atomic E-state index is 0.974. The summed E-state index contributed by atoms with van der Waals surface area (Å²) in [6.45, 7) is 0. The maximum Gasteiger partial charge on any atom is 0.100 e. The Kier molecular flexibility index (Phi) is 2.41. The monoisotopic (exact) mass is 416 g/mol. The molecule has 0 aliphatic heterocycles. The molecule has 2 aromatic carbocycles. The number of benzene rings is 2. The molecule has 0 unspecified atom stereocenters. The molecule has 0 N–H and O–H groups in total. The van der Waals surface area contributed by atoms with Crippen molar-refractivity contribution in [1.82, 2.24) is 9.97 Å². The zero-order chi connectivity index (χ0) is 14.1. The topological polar surface area (TPSA) is 25.8 Å². The Morgan fingerprint density at radius 3 is 1.76 bits per heavy atom. The lowest BCUT2D eigenvalue weighted by Crippen LogP contribution is -1.87. The fraction of sp³-hybridized carbons (Fsp3) is 0. The van der Waals surface area contributed by atoms with Gasteiger partial charge in [0.2, 0.25) is 0 Å². The minimum atomic E-state index is 0.974. The second-order valence-corrected chi connectivity index (χ2v) is 7.46. The number of aromatic nitrogens is 2. The van der Waals surface area contributed by atoms with Gasteiger partial charge in [-0.05, 0) is 12.1 Å². The Balaban J connectivity index is 2.04. The van der Waals surface area contributed by atoms with E-state index >= 15 is 0 Å². The fourth-order valence-corrected chi connectivity index (χ4v) is 5.01. The lowest BCUT2D eigenvalue weighted by molar-refractivity contribution is 1.33. The zero-order valence-corrected chi connectivity index (χ0v) is 14.5. The van der Waals surface area contributed by atoms with Crippen LogP contribution in [0.2, 0.25) is 0 Å². The molecule has 1 aliphatic carbocycles. The van der Waals surface area contributed by atoms with E-state index in [1.165, 1.54) is 21.9 Å². The second-order valence-electron chi connectivity index (χ2n) is 5.00. The fourth-order valence-electron chi connectivity index (χ4n) is 2.98. The molecule has 100 valence electrons. The number of hydrogen-bond acceptors (Lipinski definition) is 3. The van der Waals surface area contributed by atoms with Crippen molar-refractivity contribution < 1.29 is 0 Å². The first-order chi connectivity index (χ1) is 10.2. The highest BCUT2D eigenvalue weighted by atomic mass is 79.9. The summed E-state index contributed by atoms with van der Waals surface area (Å²) >= 11 is 8.96. The third-order valence-corrected chi connectivity index (χ3v) is 5.92. The summed E-state index contributed by atoms with van der Waals surface area (Å²) in [5.74, 6) is 0. The first-order valence-electron chi connectivity index (χ1n) is 6.39. The van der Waals surface area contributed by atoms with Crippen molar-refractivity contribution in [1.29, 1.82) is 0 Å². The van der Waals surface area contributed by atoms with E-state index in [1.54, 1.807) is 11.3 Å². The lowest BCUT2D eigenvalue weighted by Gasteiger charge is -2.06. The molecule has 2 aromatic heterocycles. The van der Waals surface area contributed by atoms with E-state index < -0.39 is 0 Å². The van der Waals surface area contributed by atoms with Gasteiger partial charge in [0.25, 0.3) is 0 Å². The maximum absolute atomic E-state index is 4.83. The molecule has 21 heavy (non-hydrogen) atoms. The van der Waals surface area contributed by atoms with Crippen molar-refractivity contribution in [2.24, 2.45) is 0 Å². The Labute approximate surface area is 141 Å². The number of hydrogen-bond donors (Lipinski definition) is 0. The van der Waals surface area contributed by atoms with Crippen LogP contribution >= 0.6 is 43.2 Å². The molecular weight excluding hydrogens is 412 g/mol. The quantitative estimate of drug-likeness (QED) is 0.308. The van der Waals surface area contributed by atoms with Crippen LogP contribution in [0.25, 0.3) is 44.3 Å². The van der Waals surface area contributed by atoms with E-state index in [9.17, 15) is 0 Å². The van der Waals surface area contributed by atoms with Crippen LogP contribution in [0.15, 0.2) is 44.0 Å². The zero-order valence-electron chi connectivity index (χ0n) is 10.5. The van der Waals surface area contributed by atoms with Crippen LogP contribution in [0.4, 0.5) is 0 Å². The molecule has 5 heteroatoms. The predicted octanol–water partition coefficient (Wildman–Crippen LogP) is 6.02. The summed E-state index contributed by atoms with van der Waals surface area (Å²) in [6.07, 6.45) is 0. The molecule has 2 nitrogen and oxygen atoms in total. The Morgan fingerprint density at radius 1 is 0.714 bits per heavy atom. The summed E-state index contributed by atoms with van der Waals surface area (Å²) in [7, 11) is 0. The number of halogens is 2. The average Bonchev–Trinajstić information content (AvgIpc) is 3.05. The molecule has 0 fully saturated rings. The summed E-state index contributed by atoms with van der Waals surface area (Å²) < 4.78 is 2.17. The third kappa shape index (κ3) is 1.51. The number of rotatable bonds is 0. The lowest BCUT2D eigenvalue weighted by atomic mass is 10.0. The highest BCUT2D eigenvalue weighted by Crippen LogP contribution is 2.49. The van der Waals surface area contributed by atoms with Crippen molar-refractivity contribution in [3.05, 3.63) is 44.0 Å². The highest BCUT2D eigenvalue weighted by molar-refractivity contribution is 9.11. The standard InChI is InChI=1S/C16H6Br2N2S/c17-9-3-1-7-13-8(2-4-10(18)14(9)13)16-15(7)19-11-5-21-6-12(11)20-16/h1-6H. The first-order valence-corrected chi connectivity index (χ1v) is 8.92. The molecule has 0 bridgehead atoms. The van der Waals surface area contributed by atoms with Gasteiger partial charge in [0, 0.05) is 41.6 Å². The van der Waals surface area contributed by atoms with Gasteiger partial charge in [-0.25, -0.2) is 9.97 Å². The third-order valence-electron chi connectivity index (χ3n) is 3.88. The summed E-state index contributed by atoms with van der Waals surface area (Å²) in [4.78, 5) is 9.66. The van der Waals surface area contributed by atoms with Crippen molar-refractivity contribution in [3.8, 4) is 22.5 Å². The van der Waals surface area contributed by atoms with Gasteiger partial charge in [0.05, 0.1) is 11.4 Å². The van der Waals surface area contributed by atoms with E-state index in [0.717, 1.165) is 31.4 Å². The Hall–Kier alpha value is -1.30. The number of fused-ring (bicyclic) bond motifs is 4. The van der Waals surface area contributed by atoms with Gasteiger partial charge in [-0.15, -0.1) is 11.3 Å². The van der Waals surface area contributed by atoms with Gasteiger partial charge in [0.15, 0.2) is 0 Å². The van der Waals surface area contributed by atoms with Crippen LogP contribution in [0.1, 0.15) is 0 Å². The predicted molar refractivity (Wildman–Crippen MR) is 94.8 cm³/mol. The molecule has 0 saturated heterocycles. The summed E-state index contributed by atoms with van der Waals surface area (Å²) in [5, 5.41) is 6.52. The average molecular weight is 418 g/mol. The van der Waals surface area contributed by atoms with E-state index in [2.05, 4.69) is 66.9 Å². The smallest absolute Gasteiger partial charge is 0.100 e. The Morgan fingerprint density at radius 2 is 1.24 bits per heavy atom. The molecule has 0 radical (unpaired) electrons. The van der Waals surface area contributed by atoms with Crippen LogP contribution in [-0.2, 0) is 0 Å². The molecule has 5 rings (SSSR count). The Bertz CT molecular complexity index is 990. The van der Waals surface area contributed by atoms with Gasteiger partial charge in [-0.1, -0.05) is 44.0 Å². The van der Waals surface area contributed by atoms with E-state index in [-0.39, 0.29) is 0 Å². The van der Waals surface area contributed by atoms with Crippen molar-refractivity contribution in [2.45, 2.75) is 0 Å². The molecule has 2 heterocycles. The molecule has 0 amide bonds. The molecular formula is C16H6Br2N2S. The summed E-state index contributed by atoms with van der Waals surface area (Å²) in [5.41, 5.74) is 6.27. The van der Waals surface area contributed by atoms with Crippen molar-refractivity contribution in [2.75, 3.05) is 0 Å². The van der Waals surface area contributed by atoms with E-state index in [1.807, 2.05) is 0 Å². The number of nitrogens with zero attached hydrogens (tertiary/aromatic N) is 2. The van der Waals surface area contributed by atoms with Crippen LogP contribution in [0.3, 0.4) is 0 Å². The van der Waals surface area contributed by atoms with E-state index in [4.69, 9.17) is 9.97 Å². The van der Waals surface area contributed by atoms with Gasteiger partial charge in [-0.2, -0.15) is 0 Å². The highest BCUT2D eigenvalue weighted by Gasteiger charge is 2.26. The number of thiophene rings is 1. The van der Waals surface area contributed by atoms with E-state index in [0.29, 0.717) is 0 Å². The second kappa shape index (κ2) is 4.12. The van der Waals surface area contributed by atoms with Crippen LogP contribution in [0.5, 0.6) is 0 Å². The van der Waals surface area contributed by atoms with Gasteiger partial charge in [-0.3, -0.25) is 0 Å². The molecule has 4 aromatic rings. The first kappa shape index (κ1) is 12.3. The van der Waals surface area contributed by atoms with Crippen LogP contribution < -0.4 is 0 Å². The molecule has 0 atom stereocenters. The van der Waals surface area contributed by atoms with Crippen LogP contribution in [0, 0.1) is 0 Å². The van der Waals surface area contributed by atoms with Crippen LogP contribution in [-0.4, -0.2) is 9.97 Å². The molecule has 0 spiro atoms. The van der Waals surface area contributed by atoms with Gasteiger partial charge >= 0.3 is 0 Å². The molecule has 0 saturated carbocycles. The summed E-state index contributed by atoms with van der Waals surface area (Å²) in [6, 6.07) is 8.42. The van der Waals surface area contributed by atoms with Crippen molar-refractivity contribution in [3.63, 3.8) is 0 Å². The van der Waals surface area contributed by atoms with Gasteiger partial charge < -0.3 is 0 Å². The van der Waals surface area contributed by atoms with Crippen molar-refractivity contribution >= 4 is 65.0 Å². The minimum Gasteiger partial charge on any atom is -0.243 e. The van der Waals surface area contributed by atoms with Gasteiger partial charge in [0.1, 0.15) is 11.0 Å². The normalized spacial score (nSPS) is 12.3. The SMILES string of the molecule is Brc1ccc2c3c(ccc(Br)c13)-c1nc3cscc3nc1-2. The maximum atomic E-state index is 4.83. The molecule has 1 aliphatic rings.